The molecular weight excluding hydrogens is 168 g/mol. The Balaban J connectivity index is 3.58. The zero-order valence-electron chi connectivity index (χ0n) is 8.54. The average molecular weight is 186 g/mol. The Kier molecular flexibility index (Phi) is 6.18. The highest BCUT2D eigenvalue weighted by atomic mass is 16.7. The molecule has 1 N–H and O–H groups in total. The fraction of sp³-hybridized carbons (Fsp3) is 0.667. The highest BCUT2D eigenvalue weighted by Crippen LogP contribution is 1.94. The molecule has 0 heterocycles. The van der Waals surface area contributed by atoms with Crippen LogP contribution in [0.25, 0.3) is 0 Å². The Morgan fingerprint density at radius 3 is 2.77 bits per heavy atom. The van der Waals surface area contributed by atoms with Gasteiger partial charge in [-0.1, -0.05) is 6.08 Å². The molecule has 0 radical (unpaired) electrons. The van der Waals surface area contributed by atoms with Gasteiger partial charge in [0.25, 0.3) is 0 Å². The minimum atomic E-state index is -0.228. The van der Waals surface area contributed by atoms with Crippen molar-refractivity contribution in [3.05, 3.63) is 12.7 Å². The maximum Gasteiger partial charge on any atom is 0.326 e. The molecule has 0 aliphatic carbocycles. The van der Waals surface area contributed by atoms with Gasteiger partial charge in [-0.25, -0.2) is 0 Å². The largest absolute Gasteiger partial charge is 0.368 e. The molecule has 0 aromatic heterocycles. The Morgan fingerprint density at radius 1 is 1.69 bits per heavy atom. The van der Waals surface area contributed by atoms with Gasteiger partial charge >= 0.3 is 5.97 Å². The van der Waals surface area contributed by atoms with Crippen LogP contribution in [-0.4, -0.2) is 37.7 Å². The predicted octanol–water partition coefficient (Wildman–Crippen LogP) is 0.560. The van der Waals surface area contributed by atoms with Crippen LogP contribution in [0, 0.1) is 0 Å². The normalized spacial score (nSPS) is 12.6. The van der Waals surface area contributed by atoms with Crippen LogP contribution in [0.4, 0.5) is 0 Å². The summed E-state index contributed by atoms with van der Waals surface area (Å²) >= 11 is 0. The third kappa shape index (κ3) is 7.49. The van der Waals surface area contributed by atoms with Crippen LogP contribution < -0.4 is 5.32 Å². The molecule has 0 rings (SSSR count). The molecule has 1 unspecified atom stereocenters. The first-order chi connectivity index (χ1) is 6.06. The third-order valence-corrected chi connectivity index (χ3v) is 1.37. The van der Waals surface area contributed by atoms with E-state index in [4.69, 9.17) is 4.84 Å². The fourth-order valence-corrected chi connectivity index (χ4v) is 0.848. The number of hydroxylamine groups is 2. The molecule has 13 heavy (non-hydrogen) atoms. The SMILES string of the molecule is C=CCNC(C)CC(=O)ON(C)C. The topological polar surface area (TPSA) is 41.6 Å². The van der Waals surface area contributed by atoms with Crippen molar-refractivity contribution in [3.63, 3.8) is 0 Å². The standard InChI is InChI=1S/C9H18N2O2/c1-5-6-10-8(2)7-9(12)13-11(3)4/h5,8,10H,1,6-7H2,2-4H3. The van der Waals surface area contributed by atoms with E-state index in [2.05, 4.69) is 11.9 Å². The first-order valence-corrected chi connectivity index (χ1v) is 4.28. The number of carbonyl (C=O) groups excluding carboxylic acids is 1. The molecule has 0 fully saturated rings. The third-order valence-electron chi connectivity index (χ3n) is 1.37. The summed E-state index contributed by atoms with van der Waals surface area (Å²) in [6.07, 6.45) is 2.12. The van der Waals surface area contributed by atoms with Crippen molar-refractivity contribution in [2.45, 2.75) is 19.4 Å². The van der Waals surface area contributed by atoms with Crippen molar-refractivity contribution < 1.29 is 9.63 Å². The summed E-state index contributed by atoms with van der Waals surface area (Å²) in [6, 6.07) is 0.116. The van der Waals surface area contributed by atoms with E-state index in [-0.39, 0.29) is 12.0 Å². The number of hydrogen-bond acceptors (Lipinski definition) is 4. The van der Waals surface area contributed by atoms with E-state index in [0.29, 0.717) is 13.0 Å². The quantitative estimate of drug-likeness (QED) is 0.486. The number of nitrogens with one attached hydrogen (secondary N) is 1. The summed E-state index contributed by atoms with van der Waals surface area (Å²) in [5.41, 5.74) is 0. The van der Waals surface area contributed by atoms with Crippen molar-refractivity contribution in [3.8, 4) is 0 Å². The molecule has 4 heteroatoms. The molecule has 0 aromatic rings. The van der Waals surface area contributed by atoms with Crippen LogP contribution in [0.5, 0.6) is 0 Å². The summed E-state index contributed by atoms with van der Waals surface area (Å²) in [5.74, 6) is -0.228. The van der Waals surface area contributed by atoms with Gasteiger partial charge in [0.2, 0.25) is 0 Å². The molecule has 0 saturated carbocycles. The number of nitrogens with zero attached hydrogens (tertiary/aromatic N) is 1. The Labute approximate surface area is 79.5 Å². The van der Waals surface area contributed by atoms with Gasteiger partial charge in [0, 0.05) is 26.7 Å². The van der Waals surface area contributed by atoms with E-state index in [0.717, 1.165) is 0 Å². The van der Waals surface area contributed by atoms with Gasteiger partial charge in [-0.3, -0.25) is 4.79 Å². The molecule has 0 aliphatic rings. The zero-order chi connectivity index (χ0) is 10.3. The lowest BCUT2D eigenvalue weighted by Crippen LogP contribution is -2.30. The summed E-state index contributed by atoms with van der Waals surface area (Å²) in [4.78, 5) is 15.9. The van der Waals surface area contributed by atoms with Crippen molar-refractivity contribution in [2.24, 2.45) is 0 Å². The van der Waals surface area contributed by atoms with Crippen molar-refractivity contribution in [1.29, 1.82) is 0 Å². The highest BCUT2D eigenvalue weighted by Gasteiger charge is 2.09. The molecule has 0 aromatic carbocycles. The summed E-state index contributed by atoms with van der Waals surface area (Å²) in [7, 11) is 3.36. The van der Waals surface area contributed by atoms with Gasteiger partial charge in [-0.2, -0.15) is 0 Å². The maximum absolute atomic E-state index is 11.1. The van der Waals surface area contributed by atoms with Crippen LogP contribution >= 0.6 is 0 Å². The molecule has 0 spiro atoms. The van der Waals surface area contributed by atoms with E-state index >= 15 is 0 Å². The zero-order valence-corrected chi connectivity index (χ0v) is 8.54. The van der Waals surface area contributed by atoms with Crippen LogP contribution in [-0.2, 0) is 9.63 Å². The van der Waals surface area contributed by atoms with E-state index in [1.807, 2.05) is 6.92 Å². The van der Waals surface area contributed by atoms with Gasteiger partial charge in [-0.15, -0.1) is 11.6 Å². The van der Waals surface area contributed by atoms with E-state index in [1.54, 1.807) is 20.2 Å². The second-order valence-corrected chi connectivity index (χ2v) is 3.08. The van der Waals surface area contributed by atoms with Crippen molar-refractivity contribution in [1.82, 2.24) is 10.4 Å². The minimum Gasteiger partial charge on any atom is -0.368 e. The van der Waals surface area contributed by atoms with E-state index < -0.39 is 0 Å². The van der Waals surface area contributed by atoms with E-state index in [1.165, 1.54) is 5.06 Å². The lowest BCUT2D eigenvalue weighted by Gasteiger charge is -2.14. The van der Waals surface area contributed by atoms with Gasteiger partial charge < -0.3 is 10.2 Å². The summed E-state index contributed by atoms with van der Waals surface area (Å²) in [6.45, 7) is 6.21. The number of hydrogen-bond donors (Lipinski definition) is 1. The molecule has 76 valence electrons. The van der Waals surface area contributed by atoms with Gasteiger partial charge in [-0.05, 0) is 6.92 Å². The highest BCUT2D eigenvalue weighted by molar-refractivity contribution is 5.69. The predicted molar refractivity (Wildman–Crippen MR) is 52.1 cm³/mol. The van der Waals surface area contributed by atoms with Gasteiger partial charge in [0.1, 0.15) is 0 Å². The second-order valence-electron chi connectivity index (χ2n) is 3.08. The van der Waals surface area contributed by atoms with Crippen molar-refractivity contribution >= 4 is 5.97 Å². The van der Waals surface area contributed by atoms with E-state index in [9.17, 15) is 4.79 Å². The van der Waals surface area contributed by atoms with Crippen LogP contribution in [0.1, 0.15) is 13.3 Å². The number of rotatable bonds is 6. The van der Waals surface area contributed by atoms with Crippen molar-refractivity contribution in [2.75, 3.05) is 20.6 Å². The lowest BCUT2D eigenvalue weighted by molar-refractivity contribution is -0.178. The molecule has 0 bridgehead atoms. The summed E-state index contributed by atoms with van der Waals surface area (Å²) < 4.78 is 0. The molecular formula is C9H18N2O2. The smallest absolute Gasteiger partial charge is 0.326 e. The molecule has 1 atom stereocenters. The summed E-state index contributed by atoms with van der Waals surface area (Å²) in [5, 5.41) is 4.49. The fourth-order valence-electron chi connectivity index (χ4n) is 0.848. The molecule has 4 nitrogen and oxygen atoms in total. The Bertz CT molecular complexity index is 169. The molecule has 0 amide bonds. The van der Waals surface area contributed by atoms with Gasteiger partial charge in [0.05, 0.1) is 6.42 Å². The lowest BCUT2D eigenvalue weighted by atomic mass is 10.2. The molecule has 0 aliphatic heterocycles. The molecule has 0 saturated heterocycles. The van der Waals surface area contributed by atoms with Crippen LogP contribution in [0.15, 0.2) is 12.7 Å². The second kappa shape index (κ2) is 6.62. The maximum atomic E-state index is 11.1. The Hall–Kier alpha value is -0.870. The van der Waals surface area contributed by atoms with Crippen LogP contribution in [0.3, 0.4) is 0 Å². The monoisotopic (exact) mass is 186 g/mol. The Morgan fingerprint density at radius 2 is 2.31 bits per heavy atom. The number of carbonyl (C=O) groups is 1. The average Bonchev–Trinajstić information content (AvgIpc) is 1.98. The van der Waals surface area contributed by atoms with Crippen LogP contribution in [0.2, 0.25) is 0 Å². The first-order valence-electron chi connectivity index (χ1n) is 4.28. The van der Waals surface area contributed by atoms with Gasteiger partial charge in [0.15, 0.2) is 0 Å². The first kappa shape index (κ1) is 12.1. The minimum absolute atomic E-state index is 0.116.